The zero-order chi connectivity index (χ0) is 25.9. The van der Waals surface area contributed by atoms with Crippen molar-refractivity contribution in [1.82, 2.24) is 19.6 Å². The van der Waals surface area contributed by atoms with Gasteiger partial charge in [0.2, 0.25) is 0 Å². The molecule has 4 aromatic rings. The molecule has 0 saturated carbocycles. The van der Waals surface area contributed by atoms with E-state index in [4.69, 9.17) is 19.6 Å². The second kappa shape index (κ2) is 10.4. The number of rotatable bonds is 10. The summed E-state index contributed by atoms with van der Waals surface area (Å²) in [7, 11) is 3.16. The van der Waals surface area contributed by atoms with E-state index in [0.29, 0.717) is 47.2 Å². The summed E-state index contributed by atoms with van der Waals surface area (Å²) in [4.78, 5) is 33.6. The Morgan fingerprint density at radius 3 is 2.44 bits per heavy atom. The van der Waals surface area contributed by atoms with Crippen molar-refractivity contribution in [3.63, 3.8) is 0 Å². The van der Waals surface area contributed by atoms with E-state index in [2.05, 4.69) is 17.1 Å². The normalized spacial score (nSPS) is 12.9. The first-order valence-corrected chi connectivity index (χ1v) is 12.0. The molecule has 36 heavy (non-hydrogen) atoms. The minimum atomic E-state index is -0.882. The second-order valence-electron chi connectivity index (χ2n) is 9.28. The van der Waals surface area contributed by atoms with Gasteiger partial charge in [0.1, 0.15) is 17.4 Å². The quantitative estimate of drug-likeness (QED) is 0.359. The Hall–Kier alpha value is -3.94. The van der Waals surface area contributed by atoms with Crippen LogP contribution in [0.3, 0.4) is 0 Å². The molecule has 1 N–H and O–H groups in total. The summed E-state index contributed by atoms with van der Waals surface area (Å²) in [5.74, 6) is 2.17. The van der Waals surface area contributed by atoms with E-state index in [-0.39, 0.29) is 11.3 Å². The van der Waals surface area contributed by atoms with Crippen molar-refractivity contribution in [2.75, 3.05) is 14.2 Å². The van der Waals surface area contributed by atoms with Crippen LogP contribution in [0.25, 0.3) is 5.52 Å². The van der Waals surface area contributed by atoms with Crippen molar-refractivity contribution in [3.8, 4) is 11.5 Å². The lowest BCUT2D eigenvalue weighted by Crippen LogP contribution is -2.34. The molecule has 0 amide bonds. The Bertz CT molecular complexity index is 1440. The van der Waals surface area contributed by atoms with Crippen molar-refractivity contribution >= 4 is 11.3 Å². The number of carbonyl (C=O) groups excluding carboxylic acids is 1. The number of fused-ring (bicyclic) bond motifs is 1. The van der Waals surface area contributed by atoms with Gasteiger partial charge in [-0.3, -0.25) is 9.59 Å². The largest absolute Gasteiger partial charge is 0.493 e. The molecule has 0 aliphatic rings. The maximum absolute atomic E-state index is 13.1. The molecular weight excluding hydrogens is 456 g/mol. The highest BCUT2D eigenvalue weighted by Crippen LogP contribution is 2.31. The van der Waals surface area contributed by atoms with Crippen LogP contribution in [-0.4, -0.2) is 39.6 Å². The molecule has 8 nitrogen and oxygen atoms in total. The Morgan fingerprint density at radius 2 is 1.78 bits per heavy atom. The number of hydrogen-bond donors (Lipinski definition) is 1. The highest BCUT2D eigenvalue weighted by atomic mass is 16.5. The number of imidazole rings is 1. The van der Waals surface area contributed by atoms with Crippen molar-refractivity contribution in [1.29, 1.82) is 0 Å². The summed E-state index contributed by atoms with van der Waals surface area (Å²) < 4.78 is 12.3. The number of aryl methyl sites for hydroxylation is 2. The summed E-state index contributed by atoms with van der Waals surface area (Å²) in [5.41, 5.74) is 1.86. The number of ketones is 1. The molecule has 0 aliphatic heterocycles. The van der Waals surface area contributed by atoms with Crippen LogP contribution < -0.4 is 15.0 Å². The van der Waals surface area contributed by atoms with Gasteiger partial charge in [0.15, 0.2) is 17.0 Å². The Balaban J connectivity index is 1.70. The molecule has 0 saturated heterocycles. The van der Waals surface area contributed by atoms with Crippen LogP contribution in [0.4, 0.5) is 0 Å². The molecule has 8 heteroatoms. The third-order valence-corrected chi connectivity index (χ3v) is 6.80. The van der Waals surface area contributed by atoms with Crippen molar-refractivity contribution in [2.24, 2.45) is 0 Å². The number of Topliss-reactive ketones (excluding diaryl/α,β-unsaturated/α-hetero) is 1. The van der Waals surface area contributed by atoms with E-state index in [1.54, 1.807) is 32.6 Å². The molecule has 0 spiro atoms. The summed E-state index contributed by atoms with van der Waals surface area (Å²) in [6.45, 7) is 5.25. The standard InChI is InChI=1S/C28H32N4O4/c1-18-25-26(34)30-24(17-21-13-14-22(35-4)23(16-21)36-5)31-32(25)27(29-18)28(3,19(2)33)15-9-12-20-10-7-6-8-11-20/h6-8,10-11,13-14,16H,9,12,15,17H2,1-5H3,(H,30,31,34). The fraction of sp³-hybridized carbons (Fsp3) is 0.357. The third kappa shape index (κ3) is 4.89. The van der Waals surface area contributed by atoms with Gasteiger partial charge < -0.3 is 14.5 Å². The predicted octanol–water partition coefficient (Wildman–Crippen LogP) is 4.20. The summed E-state index contributed by atoms with van der Waals surface area (Å²) in [5, 5.41) is 4.74. The van der Waals surface area contributed by atoms with Crippen LogP contribution in [0.2, 0.25) is 0 Å². The summed E-state index contributed by atoms with van der Waals surface area (Å²) in [6.07, 6.45) is 2.61. The van der Waals surface area contributed by atoms with E-state index in [9.17, 15) is 9.59 Å². The maximum Gasteiger partial charge on any atom is 0.277 e. The van der Waals surface area contributed by atoms with Gasteiger partial charge in [0.05, 0.1) is 25.3 Å². The molecular formula is C28H32N4O4. The van der Waals surface area contributed by atoms with Gasteiger partial charge >= 0.3 is 0 Å². The summed E-state index contributed by atoms with van der Waals surface area (Å²) in [6, 6.07) is 15.8. The number of methoxy groups -OCH3 is 2. The fourth-order valence-corrected chi connectivity index (χ4v) is 4.57. The van der Waals surface area contributed by atoms with Crippen LogP contribution >= 0.6 is 0 Å². The lowest BCUT2D eigenvalue weighted by molar-refractivity contribution is -0.122. The number of aromatic amines is 1. The Labute approximate surface area is 210 Å². The van der Waals surface area contributed by atoms with Crippen molar-refractivity contribution in [2.45, 2.75) is 51.9 Å². The molecule has 0 fully saturated rings. The SMILES string of the molecule is COc1ccc(Cc2nn3c(C(C)(CCCc4ccccc4)C(C)=O)nc(C)c3c(=O)[nH]2)cc1OC. The molecule has 0 bridgehead atoms. The molecule has 2 aromatic heterocycles. The minimum Gasteiger partial charge on any atom is -0.493 e. The van der Waals surface area contributed by atoms with E-state index in [1.165, 1.54) is 5.56 Å². The fourth-order valence-electron chi connectivity index (χ4n) is 4.57. The second-order valence-corrected chi connectivity index (χ2v) is 9.28. The zero-order valence-electron chi connectivity index (χ0n) is 21.4. The average molecular weight is 489 g/mol. The first-order chi connectivity index (χ1) is 17.3. The molecule has 2 heterocycles. The molecule has 2 aromatic carbocycles. The topological polar surface area (TPSA) is 98.6 Å². The van der Waals surface area contributed by atoms with Crippen LogP contribution in [0.15, 0.2) is 53.3 Å². The van der Waals surface area contributed by atoms with Gasteiger partial charge in [0.25, 0.3) is 5.56 Å². The van der Waals surface area contributed by atoms with Crippen LogP contribution in [0.1, 0.15) is 55.2 Å². The molecule has 188 valence electrons. The van der Waals surface area contributed by atoms with Gasteiger partial charge in [0, 0.05) is 6.42 Å². The monoisotopic (exact) mass is 488 g/mol. The van der Waals surface area contributed by atoms with Crippen molar-refractivity contribution < 1.29 is 14.3 Å². The molecule has 4 rings (SSSR count). The lowest BCUT2D eigenvalue weighted by atomic mass is 9.80. The average Bonchev–Trinajstić information content (AvgIpc) is 3.21. The Morgan fingerprint density at radius 1 is 1.06 bits per heavy atom. The highest BCUT2D eigenvalue weighted by molar-refractivity contribution is 5.87. The van der Waals surface area contributed by atoms with Crippen LogP contribution in [0, 0.1) is 6.92 Å². The maximum atomic E-state index is 13.1. The van der Waals surface area contributed by atoms with Crippen LogP contribution in [-0.2, 0) is 23.1 Å². The number of ether oxygens (including phenoxy) is 2. The van der Waals surface area contributed by atoms with E-state index in [1.807, 2.05) is 43.3 Å². The van der Waals surface area contributed by atoms with E-state index in [0.717, 1.165) is 18.4 Å². The number of hydrogen-bond acceptors (Lipinski definition) is 6. The third-order valence-electron chi connectivity index (χ3n) is 6.80. The lowest BCUT2D eigenvalue weighted by Gasteiger charge is -2.25. The van der Waals surface area contributed by atoms with Crippen LogP contribution in [0.5, 0.6) is 11.5 Å². The summed E-state index contributed by atoms with van der Waals surface area (Å²) >= 11 is 0. The van der Waals surface area contributed by atoms with E-state index >= 15 is 0 Å². The smallest absolute Gasteiger partial charge is 0.277 e. The Kier molecular flexibility index (Phi) is 7.24. The first kappa shape index (κ1) is 25.2. The molecule has 0 radical (unpaired) electrons. The highest BCUT2D eigenvalue weighted by Gasteiger charge is 2.37. The number of carbonyl (C=O) groups is 1. The molecule has 0 aliphatic carbocycles. The van der Waals surface area contributed by atoms with Gasteiger partial charge in [-0.15, -0.1) is 0 Å². The number of aromatic nitrogens is 4. The van der Waals surface area contributed by atoms with E-state index < -0.39 is 5.41 Å². The number of nitrogens with zero attached hydrogens (tertiary/aromatic N) is 3. The molecule has 1 atom stereocenters. The van der Waals surface area contributed by atoms with Gasteiger partial charge in [-0.2, -0.15) is 5.10 Å². The number of H-pyrrole nitrogens is 1. The minimum absolute atomic E-state index is 0.00835. The first-order valence-electron chi connectivity index (χ1n) is 12.0. The van der Waals surface area contributed by atoms with Gasteiger partial charge in [-0.25, -0.2) is 9.50 Å². The number of nitrogens with one attached hydrogen (secondary N) is 1. The van der Waals surface area contributed by atoms with Gasteiger partial charge in [-0.1, -0.05) is 36.4 Å². The molecule has 1 unspecified atom stereocenters. The van der Waals surface area contributed by atoms with Gasteiger partial charge in [-0.05, 0) is 63.3 Å². The zero-order valence-corrected chi connectivity index (χ0v) is 21.4. The number of benzene rings is 2. The predicted molar refractivity (Wildman–Crippen MR) is 138 cm³/mol. The van der Waals surface area contributed by atoms with Crippen molar-refractivity contribution in [3.05, 3.63) is 87.4 Å².